The van der Waals surface area contributed by atoms with Crippen LogP contribution in [0.5, 0.6) is 11.5 Å². The van der Waals surface area contributed by atoms with E-state index in [-0.39, 0.29) is 0 Å². The molecule has 0 radical (unpaired) electrons. The van der Waals surface area contributed by atoms with Crippen LogP contribution in [0.15, 0.2) is 36.7 Å². The molecule has 92 valence electrons. The fraction of sp³-hybridized carbons (Fsp3) is 0.267. The first kappa shape index (κ1) is 11.5. The van der Waals surface area contributed by atoms with Crippen molar-refractivity contribution in [3.8, 4) is 11.5 Å². The molecule has 0 aliphatic heterocycles. The van der Waals surface area contributed by atoms with Crippen LogP contribution in [0.2, 0.25) is 0 Å². The van der Waals surface area contributed by atoms with Crippen molar-refractivity contribution >= 4 is 11.6 Å². The highest BCUT2D eigenvalue weighted by atomic mass is 35.5. The third-order valence-corrected chi connectivity index (χ3v) is 3.54. The van der Waals surface area contributed by atoms with Crippen LogP contribution in [0.1, 0.15) is 23.1 Å². The Labute approximate surface area is 112 Å². The number of alkyl halides is 1. The number of aryl methyl sites for hydroxylation is 2. The summed E-state index contributed by atoms with van der Waals surface area (Å²) in [5.41, 5.74) is 3.83. The van der Waals surface area contributed by atoms with Gasteiger partial charge in [0.25, 0.3) is 0 Å². The molecule has 3 rings (SSSR count). The molecular weight excluding hydrogens is 246 g/mol. The van der Waals surface area contributed by atoms with E-state index in [4.69, 9.17) is 16.3 Å². The second-order valence-corrected chi connectivity index (χ2v) is 4.82. The second kappa shape index (κ2) is 4.99. The Hall–Kier alpha value is -1.54. The van der Waals surface area contributed by atoms with Crippen molar-refractivity contribution < 1.29 is 4.74 Å². The maximum Gasteiger partial charge on any atom is 0.146 e. The molecule has 0 atom stereocenters. The smallest absolute Gasteiger partial charge is 0.146 e. The molecule has 18 heavy (non-hydrogen) atoms. The lowest BCUT2D eigenvalue weighted by atomic mass is 10.1. The van der Waals surface area contributed by atoms with Gasteiger partial charge in [-0.15, -0.1) is 11.6 Å². The largest absolute Gasteiger partial charge is 0.456 e. The highest BCUT2D eigenvalue weighted by molar-refractivity contribution is 6.17. The summed E-state index contributed by atoms with van der Waals surface area (Å²) >= 11 is 5.78. The lowest BCUT2D eigenvalue weighted by Crippen LogP contribution is -1.89. The Bertz CT molecular complexity index is 568. The van der Waals surface area contributed by atoms with Crippen LogP contribution in [0.4, 0.5) is 0 Å². The molecule has 0 amide bonds. The average Bonchev–Trinajstić information content (AvgIpc) is 2.86. The molecule has 0 spiro atoms. The van der Waals surface area contributed by atoms with Crippen LogP contribution in [0.3, 0.4) is 0 Å². The summed E-state index contributed by atoms with van der Waals surface area (Å²) in [6.45, 7) is 0. The minimum atomic E-state index is 0.453. The first-order chi connectivity index (χ1) is 8.85. The Balaban J connectivity index is 1.83. The third-order valence-electron chi connectivity index (χ3n) is 3.23. The van der Waals surface area contributed by atoms with Crippen LogP contribution in [0.25, 0.3) is 0 Å². The molecule has 1 aromatic carbocycles. The number of halogens is 1. The molecule has 0 saturated carbocycles. The van der Waals surface area contributed by atoms with Crippen molar-refractivity contribution in [2.45, 2.75) is 25.1 Å². The van der Waals surface area contributed by atoms with Gasteiger partial charge in [-0.2, -0.15) is 0 Å². The van der Waals surface area contributed by atoms with Gasteiger partial charge in [0.1, 0.15) is 11.5 Å². The summed E-state index contributed by atoms with van der Waals surface area (Å²) in [4.78, 5) is 4.11. The summed E-state index contributed by atoms with van der Waals surface area (Å²) in [7, 11) is 0. The molecule has 1 heterocycles. The molecule has 0 unspecified atom stereocenters. The predicted molar refractivity (Wildman–Crippen MR) is 72.3 cm³/mol. The zero-order chi connectivity index (χ0) is 12.4. The van der Waals surface area contributed by atoms with Crippen molar-refractivity contribution in [1.82, 2.24) is 4.98 Å². The Morgan fingerprint density at radius 3 is 2.83 bits per heavy atom. The lowest BCUT2D eigenvalue weighted by molar-refractivity contribution is 0.479. The molecule has 0 bridgehead atoms. The van der Waals surface area contributed by atoms with Gasteiger partial charge in [-0.25, -0.2) is 0 Å². The second-order valence-electron chi connectivity index (χ2n) is 4.55. The highest BCUT2D eigenvalue weighted by Crippen LogP contribution is 2.29. The van der Waals surface area contributed by atoms with Crippen molar-refractivity contribution in [3.05, 3.63) is 53.3 Å². The van der Waals surface area contributed by atoms with Gasteiger partial charge in [-0.1, -0.05) is 6.07 Å². The number of nitrogens with zero attached hydrogens (tertiary/aromatic N) is 1. The van der Waals surface area contributed by atoms with Gasteiger partial charge in [-0.05, 0) is 54.2 Å². The average molecular weight is 260 g/mol. The van der Waals surface area contributed by atoms with E-state index in [2.05, 4.69) is 17.1 Å². The van der Waals surface area contributed by atoms with E-state index in [1.165, 1.54) is 24.0 Å². The molecule has 3 heteroatoms. The number of fused-ring (bicyclic) bond motifs is 1. The molecule has 0 N–H and O–H groups in total. The van der Waals surface area contributed by atoms with Gasteiger partial charge >= 0.3 is 0 Å². The number of aromatic nitrogens is 1. The van der Waals surface area contributed by atoms with E-state index in [1.54, 1.807) is 12.4 Å². The number of rotatable bonds is 3. The molecule has 2 aromatic rings. The topological polar surface area (TPSA) is 22.1 Å². The van der Waals surface area contributed by atoms with Crippen molar-refractivity contribution in [1.29, 1.82) is 0 Å². The fourth-order valence-electron chi connectivity index (χ4n) is 2.34. The Kier molecular flexibility index (Phi) is 3.20. The summed E-state index contributed by atoms with van der Waals surface area (Å²) in [6, 6.07) is 8.25. The molecule has 1 aliphatic carbocycles. The van der Waals surface area contributed by atoms with E-state index in [0.717, 1.165) is 23.5 Å². The normalized spacial score (nSPS) is 13.4. The van der Waals surface area contributed by atoms with Crippen LogP contribution in [0, 0.1) is 0 Å². The summed E-state index contributed by atoms with van der Waals surface area (Å²) in [6.07, 6.45) is 7.07. The number of pyridine rings is 1. The van der Waals surface area contributed by atoms with Crippen molar-refractivity contribution in [3.63, 3.8) is 0 Å². The predicted octanol–water partition coefficient (Wildman–Crippen LogP) is 4.10. The minimum absolute atomic E-state index is 0.453. The van der Waals surface area contributed by atoms with Gasteiger partial charge in [-0.3, -0.25) is 4.98 Å². The maximum atomic E-state index is 5.82. The molecule has 1 aliphatic rings. The zero-order valence-corrected chi connectivity index (χ0v) is 10.8. The van der Waals surface area contributed by atoms with E-state index in [9.17, 15) is 0 Å². The van der Waals surface area contributed by atoms with Crippen LogP contribution < -0.4 is 4.74 Å². The molecular formula is C15H14ClNO. The van der Waals surface area contributed by atoms with Crippen LogP contribution in [-0.4, -0.2) is 4.98 Å². The van der Waals surface area contributed by atoms with Crippen molar-refractivity contribution in [2.24, 2.45) is 0 Å². The van der Waals surface area contributed by atoms with Crippen molar-refractivity contribution in [2.75, 3.05) is 0 Å². The van der Waals surface area contributed by atoms with E-state index in [1.807, 2.05) is 12.1 Å². The van der Waals surface area contributed by atoms with E-state index in [0.29, 0.717) is 5.88 Å². The zero-order valence-electron chi connectivity index (χ0n) is 10.0. The standard InChI is InChI=1S/C15H14ClNO/c16-8-11-6-15(10-17-9-11)18-14-5-4-12-2-1-3-13(12)7-14/h4-7,9-10H,1-3,8H2. The van der Waals surface area contributed by atoms with Gasteiger partial charge in [0.15, 0.2) is 0 Å². The first-order valence-electron chi connectivity index (χ1n) is 6.15. The number of ether oxygens (including phenoxy) is 1. The monoisotopic (exact) mass is 259 g/mol. The fourth-order valence-corrected chi connectivity index (χ4v) is 2.49. The number of hydrogen-bond acceptors (Lipinski definition) is 2. The third kappa shape index (κ3) is 2.34. The SMILES string of the molecule is ClCc1cncc(Oc2ccc3c(c2)CCC3)c1. The molecule has 2 nitrogen and oxygen atoms in total. The van der Waals surface area contributed by atoms with Gasteiger partial charge < -0.3 is 4.74 Å². The molecule has 1 aromatic heterocycles. The molecule has 0 saturated heterocycles. The lowest BCUT2D eigenvalue weighted by Gasteiger charge is -2.08. The maximum absolute atomic E-state index is 5.82. The van der Waals surface area contributed by atoms with E-state index < -0.39 is 0 Å². The first-order valence-corrected chi connectivity index (χ1v) is 6.68. The molecule has 0 fully saturated rings. The van der Waals surface area contributed by atoms with Gasteiger partial charge in [0.2, 0.25) is 0 Å². The Morgan fingerprint density at radius 2 is 1.94 bits per heavy atom. The minimum Gasteiger partial charge on any atom is -0.456 e. The number of benzene rings is 1. The van der Waals surface area contributed by atoms with Crippen LogP contribution >= 0.6 is 11.6 Å². The van der Waals surface area contributed by atoms with Gasteiger partial charge in [0.05, 0.1) is 6.20 Å². The summed E-state index contributed by atoms with van der Waals surface area (Å²) in [5, 5.41) is 0. The summed E-state index contributed by atoms with van der Waals surface area (Å²) in [5.74, 6) is 2.07. The van der Waals surface area contributed by atoms with E-state index >= 15 is 0 Å². The van der Waals surface area contributed by atoms with Gasteiger partial charge in [0, 0.05) is 12.1 Å². The Morgan fingerprint density at radius 1 is 1.06 bits per heavy atom. The number of hydrogen-bond donors (Lipinski definition) is 0. The highest BCUT2D eigenvalue weighted by Gasteiger charge is 2.11. The van der Waals surface area contributed by atoms with Crippen LogP contribution in [-0.2, 0) is 18.7 Å². The quantitative estimate of drug-likeness (QED) is 0.774. The summed E-state index contributed by atoms with van der Waals surface area (Å²) < 4.78 is 5.82.